The van der Waals surface area contributed by atoms with Crippen molar-refractivity contribution in [3.05, 3.63) is 0 Å². The Kier molecular flexibility index (Phi) is 12.9. The van der Waals surface area contributed by atoms with Crippen LogP contribution in [-0.2, 0) is 22.5 Å². The van der Waals surface area contributed by atoms with Gasteiger partial charge in [0.1, 0.15) is 0 Å². The van der Waals surface area contributed by atoms with Gasteiger partial charge in [0.2, 0.25) is 8.32 Å². The smallest absolute Gasteiger partial charge is 0.500 e. The summed E-state index contributed by atoms with van der Waals surface area (Å²) >= 11 is 0. The predicted octanol–water partition coefficient (Wildman–Crippen LogP) is 4.75. The molecular weight excluding hydrogens is 340 g/mol. The van der Waals surface area contributed by atoms with Gasteiger partial charge in [0.05, 0.1) is 0 Å². The second kappa shape index (κ2) is 13.0. The van der Waals surface area contributed by atoms with Gasteiger partial charge in [-0.1, -0.05) is 38.5 Å². The fourth-order valence-corrected chi connectivity index (χ4v) is 5.20. The van der Waals surface area contributed by atoms with Crippen molar-refractivity contribution in [2.45, 2.75) is 83.5 Å². The minimum Gasteiger partial charge on any atom is -0.520 e. The van der Waals surface area contributed by atoms with Crippen LogP contribution in [-0.4, -0.2) is 44.4 Å². The van der Waals surface area contributed by atoms with E-state index in [4.69, 9.17) is 17.7 Å². The molecule has 0 fully saturated rings. The highest BCUT2D eigenvalue weighted by Gasteiger charge is 2.36. The van der Waals surface area contributed by atoms with Crippen molar-refractivity contribution in [3.8, 4) is 0 Å². The Bertz CT molecular complexity index is 319. The van der Waals surface area contributed by atoms with Gasteiger partial charge >= 0.3 is 8.80 Å². The molecule has 24 heavy (non-hydrogen) atoms. The SMILES string of the molecule is CO[Si](CCCCCCCCCCC(=O)O[Si](C)(C)C)(OC)OC. The van der Waals surface area contributed by atoms with Crippen LogP contribution in [0.2, 0.25) is 25.7 Å². The van der Waals surface area contributed by atoms with Crippen molar-refractivity contribution < 1.29 is 22.5 Å². The van der Waals surface area contributed by atoms with E-state index >= 15 is 0 Å². The minimum absolute atomic E-state index is 0.0174. The summed E-state index contributed by atoms with van der Waals surface area (Å²) in [5.41, 5.74) is 0. The van der Waals surface area contributed by atoms with Crippen LogP contribution < -0.4 is 0 Å². The molecule has 0 rings (SSSR count). The van der Waals surface area contributed by atoms with E-state index in [1.54, 1.807) is 21.3 Å². The lowest BCUT2D eigenvalue weighted by Crippen LogP contribution is -2.42. The molecule has 0 aromatic rings. The summed E-state index contributed by atoms with van der Waals surface area (Å²) in [7, 11) is 0.914. The van der Waals surface area contributed by atoms with Crippen molar-refractivity contribution in [3.63, 3.8) is 0 Å². The second-order valence-corrected chi connectivity index (χ2v) is 14.7. The molecule has 0 radical (unpaired) electrons. The van der Waals surface area contributed by atoms with E-state index in [0.29, 0.717) is 6.42 Å². The third-order valence-electron chi connectivity index (χ3n) is 3.97. The van der Waals surface area contributed by atoms with Gasteiger partial charge in [-0.15, -0.1) is 0 Å². The maximum Gasteiger partial charge on any atom is 0.500 e. The fourth-order valence-electron chi connectivity index (χ4n) is 2.62. The molecule has 0 saturated carbocycles. The van der Waals surface area contributed by atoms with Crippen LogP contribution in [0.3, 0.4) is 0 Å². The zero-order chi connectivity index (χ0) is 18.5. The highest BCUT2D eigenvalue weighted by atomic mass is 28.4. The highest BCUT2D eigenvalue weighted by molar-refractivity contribution is 6.71. The fraction of sp³-hybridized carbons (Fsp3) is 0.941. The normalized spacial score (nSPS) is 12.4. The summed E-state index contributed by atoms with van der Waals surface area (Å²) in [6, 6.07) is 0.885. The van der Waals surface area contributed by atoms with E-state index in [9.17, 15) is 4.79 Å². The first-order chi connectivity index (χ1) is 11.3. The van der Waals surface area contributed by atoms with Crippen molar-refractivity contribution >= 4 is 23.1 Å². The topological polar surface area (TPSA) is 54.0 Å². The molecule has 0 bridgehead atoms. The summed E-state index contributed by atoms with van der Waals surface area (Å²) in [6.45, 7) is 6.13. The third-order valence-corrected chi connectivity index (χ3v) is 7.64. The molecule has 144 valence electrons. The minimum atomic E-state index is -2.37. The van der Waals surface area contributed by atoms with E-state index < -0.39 is 17.1 Å². The van der Waals surface area contributed by atoms with Gasteiger partial charge in [0.15, 0.2) is 0 Å². The molecule has 0 amide bonds. The zero-order valence-electron chi connectivity index (χ0n) is 16.6. The maximum absolute atomic E-state index is 11.6. The number of carbonyl (C=O) groups is 1. The summed E-state index contributed by atoms with van der Waals surface area (Å²) in [5, 5.41) is 0. The summed E-state index contributed by atoms with van der Waals surface area (Å²) in [6.07, 6.45) is 9.85. The van der Waals surface area contributed by atoms with E-state index in [0.717, 1.165) is 25.3 Å². The van der Waals surface area contributed by atoms with Gasteiger partial charge in [0, 0.05) is 33.8 Å². The molecule has 0 unspecified atom stereocenters. The van der Waals surface area contributed by atoms with Crippen LogP contribution in [0.5, 0.6) is 0 Å². The first-order valence-corrected chi connectivity index (χ1v) is 14.5. The number of rotatable bonds is 15. The molecule has 0 spiro atoms. The van der Waals surface area contributed by atoms with E-state index in [1.165, 1.54) is 32.1 Å². The standard InChI is InChI=1S/C17H38O5Si2/c1-19-24(20-2,21-3)16-14-12-10-8-7-9-11-13-15-17(18)22-23(4,5)6/h7-16H2,1-6H3. The molecule has 0 aliphatic carbocycles. The highest BCUT2D eigenvalue weighted by Crippen LogP contribution is 2.18. The lowest BCUT2D eigenvalue weighted by Gasteiger charge is -2.24. The third kappa shape index (κ3) is 12.2. The molecule has 0 atom stereocenters. The monoisotopic (exact) mass is 378 g/mol. The van der Waals surface area contributed by atoms with E-state index in [2.05, 4.69) is 0 Å². The van der Waals surface area contributed by atoms with Gasteiger partial charge < -0.3 is 17.7 Å². The average molecular weight is 379 g/mol. The lowest BCUT2D eigenvalue weighted by molar-refractivity contribution is -0.135. The van der Waals surface area contributed by atoms with E-state index in [-0.39, 0.29) is 5.97 Å². The molecule has 5 nitrogen and oxygen atoms in total. The van der Waals surface area contributed by atoms with Crippen LogP contribution in [0, 0.1) is 0 Å². The zero-order valence-corrected chi connectivity index (χ0v) is 18.6. The molecule has 0 saturated heterocycles. The van der Waals surface area contributed by atoms with Gasteiger partial charge in [-0.25, -0.2) is 0 Å². The number of unbranched alkanes of at least 4 members (excludes halogenated alkanes) is 7. The van der Waals surface area contributed by atoms with Crippen LogP contribution in [0.4, 0.5) is 0 Å². The van der Waals surface area contributed by atoms with E-state index in [1.807, 2.05) is 19.6 Å². The number of hydrogen-bond donors (Lipinski definition) is 0. The number of hydrogen-bond acceptors (Lipinski definition) is 5. The summed E-state index contributed by atoms with van der Waals surface area (Å²) in [5.74, 6) is -0.0174. The molecule has 0 aliphatic rings. The van der Waals surface area contributed by atoms with Crippen LogP contribution in [0.15, 0.2) is 0 Å². The Morgan fingerprint density at radius 2 is 1.12 bits per heavy atom. The Morgan fingerprint density at radius 1 is 0.708 bits per heavy atom. The molecule has 0 aliphatic heterocycles. The quantitative estimate of drug-likeness (QED) is 0.304. The summed E-state index contributed by atoms with van der Waals surface area (Å²) < 4.78 is 21.7. The van der Waals surface area contributed by atoms with Crippen LogP contribution in [0.1, 0.15) is 57.8 Å². The van der Waals surface area contributed by atoms with Crippen molar-refractivity contribution in [1.82, 2.24) is 0 Å². The van der Waals surface area contributed by atoms with Crippen molar-refractivity contribution in [2.75, 3.05) is 21.3 Å². The Morgan fingerprint density at radius 3 is 1.54 bits per heavy atom. The Hall–Kier alpha value is -0.216. The number of carbonyl (C=O) groups excluding carboxylic acids is 1. The van der Waals surface area contributed by atoms with Crippen LogP contribution >= 0.6 is 0 Å². The Labute approximate surface area is 150 Å². The van der Waals surface area contributed by atoms with Crippen molar-refractivity contribution in [1.29, 1.82) is 0 Å². The van der Waals surface area contributed by atoms with Gasteiger partial charge in [0.25, 0.3) is 5.97 Å². The summed E-state index contributed by atoms with van der Waals surface area (Å²) in [4.78, 5) is 11.6. The second-order valence-electron chi connectivity index (χ2n) is 7.21. The molecule has 0 heterocycles. The average Bonchev–Trinajstić information content (AvgIpc) is 2.52. The molecule has 0 aromatic heterocycles. The first kappa shape index (κ1) is 23.8. The van der Waals surface area contributed by atoms with Crippen LogP contribution in [0.25, 0.3) is 0 Å². The Balaban J connectivity index is 3.48. The molecule has 0 aromatic carbocycles. The molecular formula is C17H38O5Si2. The van der Waals surface area contributed by atoms with Gasteiger partial charge in [-0.3, -0.25) is 4.79 Å². The first-order valence-electron chi connectivity index (χ1n) is 9.16. The largest absolute Gasteiger partial charge is 0.520 e. The van der Waals surface area contributed by atoms with Gasteiger partial charge in [-0.2, -0.15) is 0 Å². The molecule has 7 heteroatoms. The lowest BCUT2D eigenvalue weighted by atomic mass is 10.1. The predicted molar refractivity (Wildman–Crippen MR) is 103 cm³/mol. The van der Waals surface area contributed by atoms with Crippen molar-refractivity contribution in [2.24, 2.45) is 0 Å². The maximum atomic E-state index is 11.6. The molecule has 0 N–H and O–H groups in total. The van der Waals surface area contributed by atoms with Gasteiger partial charge in [-0.05, 0) is 32.5 Å².